The molecule has 0 aromatic heterocycles. The molecule has 15 heavy (non-hydrogen) atoms. The lowest BCUT2D eigenvalue weighted by Crippen LogP contribution is -2.37. The number of rotatable bonds is 5. The summed E-state index contributed by atoms with van der Waals surface area (Å²) in [5.74, 6) is -2.84. The number of nitrogens with two attached hydrogens (primary N) is 2. The Bertz CT molecular complexity index is 254. The minimum atomic E-state index is -1.65. The Kier molecular flexibility index (Phi) is 5.66. The average Bonchev–Trinajstić information content (AvgIpc) is 1.99. The molecule has 0 aliphatic carbocycles. The highest BCUT2D eigenvalue weighted by Gasteiger charge is 2.31. The molecule has 0 aromatic carbocycles. The number of aliphatic carboxylic acids is 1. The maximum Gasteiger partial charge on any atom is 0.320 e. The van der Waals surface area contributed by atoms with E-state index < -0.39 is 27.6 Å². The molecule has 0 rings (SSSR count). The number of halogens is 3. The van der Waals surface area contributed by atoms with E-state index in [4.69, 9.17) is 51.4 Å². The molecule has 0 fully saturated rings. The largest absolute Gasteiger partial charge is 0.480 e. The van der Waals surface area contributed by atoms with Gasteiger partial charge < -0.3 is 16.6 Å². The minimum absolute atomic E-state index is 0.154. The van der Waals surface area contributed by atoms with Gasteiger partial charge in [0.1, 0.15) is 6.04 Å². The molecular formula is C7H11Cl3N2O3. The van der Waals surface area contributed by atoms with Gasteiger partial charge in [-0.3, -0.25) is 9.59 Å². The molecule has 0 bridgehead atoms. The number of carboxylic acid groups (broad SMARTS) is 1. The number of carbonyl (C=O) groups excluding carboxylic acids is 1. The maximum atomic E-state index is 10.9. The number of primary amides is 1. The quantitative estimate of drug-likeness (QED) is 0.641. The van der Waals surface area contributed by atoms with E-state index in [1.54, 1.807) is 0 Å². The third kappa shape index (κ3) is 6.78. The fourth-order valence-electron chi connectivity index (χ4n) is 0.987. The van der Waals surface area contributed by atoms with Gasteiger partial charge in [-0.2, -0.15) is 0 Å². The van der Waals surface area contributed by atoms with E-state index in [1.807, 2.05) is 0 Å². The van der Waals surface area contributed by atoms with Gasteiger partial charge in [0.15, 0.2) is 3.79 Å². The van der Waals surface area contributed by atoms with Crippen molar-refractivity contribution < 1.29 is 14.7 Å². The van der Waals surface area contributed by atoms with Gasteiger partial charge in [0.2, 0.25) is 5.91 Å². The average molecular weight is 278 g/mol. The van der Waals surface area contributed by atoms with Gasteiger partial charge in [0, 0.05) is 12.3 Å². The molecular weight excluding hydrogens is 266 g/mol. The van der Waals surface area contributed by atoms with Crippen LogP contribution in [0.2, 0.25) is 0 Å². The molecule has 2 atom stereocenters. The molecule has 1 unspecified atom stereocenters. The van der Waals surface area contributed by atoms with Crippen molar-refractivity contribution in [1.82, 2.24) is 0 Å². The van der Waals surface area contributed by atoms with Crippen molar-refractivity contribution >= 4 is 46.7 Å². The molecule has 0 aromatic rings. The molecule has 0 saturated heterocycles. The van der Waals surface area contributed by atoms with Gasteiger partial charge in [-0.1, -0.05) is 34.8 Å². The van der Waals surface area contributed by atoms with Crippen LogP contribution >= 0.6 is 34.8 Å². The molecule has 0 saturated carbocycles. The summed E-state index contributed by atoms with van der Waals surface area (Å²) in [5.41, 5.74) is 10.3. The molecule has 5 nitrogen and oxygen atoms in total. The summed E-state index contributed by atoms with van der Waals surface area (Å²) in [7, 11) is 0. The van der Waals surface area contributed by atoms with Crippen LogP contribution in [0.15, 0.2) is 0 Å². The molecule has 8 heteroatoms. The van der Waals surface area contributed by atoms with Gasteiger partial charge in [-0.15, -0.1) is 0 Å². The zero-order valence-corrected chi connectivity index (χ0v) is 9.89. The summed E-state index contributed by atoms with van der Waals surface area (Å²) in [6, 6.07) is -1.20. The molecule has 0 heterocycles. The van der Waals surface area contributed by atoms with Crippen LogP contribution in [0.3, 0.4) is 0 Å². The van der Waals surface area contributed by atoms with Crippen LogP contribution in [0.4, 0.5) is 0 Å². The van der Waals surface area contributed by atoms with Crippen molar-refractivity contribution in [2.24, 2.45) is 17.4 Å². The molecule has 0 aliphatic heterocycles. The maximum absolute atomic E-state index is 10.9. The highest BCUT2D eigenvalue weighted by molar-refractivity contribution is 6.67. The van der Waals surface area contributed by atoms with Gasteiger partial charge in [-0.25, -0.2) is 0 Å². The van der Waals surface area contributed by atoms with Gasteiger partial charge >= 0.3 is 5.97 Å². The highest BCUT2D eigenvalue weighted by Crippen LogP contribution is 2.34. The molecule has 0 radical (unpaired) electrons. The smallest absolute Gasteiger partial charge is 0.320 e. The van der Waals surface area contributed by atoms with Crippen LogP contribution in [0.5, 0.6) is 0 Å². The molecule has 5 N–H and O–H groups in total. The zero-order chi connectivity index (χ0) is 12.2. The number of amides is 1. The second-order valence-electron chi connectivity index (χ2n) is 3.10. The molecule has 0 aliphatic rings. The second kappa shape index (κ2) is 5.75. The van der Waals surface area contributed by atoms with Crippen LogP contribution in [0.25, 0.3) is 0 Å². The van der Waals surface area contributed by atoms with Crippen molar-refractivity contribution in [2.45, 2.75) is 22.7 Å². The van der Waals surface area contributed by atoms with Crippen molar-refractivity contribution in [2.75, 3.05) is 0 Å². The summed E-state index contributed by atoms with van der Waals surface area (Å²) in [6.07, 6.45) is -0.313. The van der Waals surface area contributed by atoms with E-state index in [0.717, 1.165) is 0 Å². The Morgan fingerprint density at radius 2 is 1.80 bits per heavy atom. The monoisotopic (exact) mass is 276 g/mol. The van der Waals surface area contributed by atoms with E-state index in [2.05, 4.69) is 0 Å². The van der Waals surface area contributed by atoms with Crippen LogP contribution in [0.1, 0.15) is 12.8 Å². The van der Waals surface area contributed by atoms with E-state index in [1.165, 1.54) is 0 Å². The number of alkyl halides is 3. The lowest BCUT2D eigenvalue weighted by atomic mass is 9.97. The van der Waals surface area contributed by atoms with Crippen LogP contribution in [0, 0.1) is 5.92 Å². The van der Waals surface area contributed by atoms with Crippen LogP contribution < -0.4 is 11.5 Å². The third-order valence-electron chi connectivity index (χ3n) is 1.74. The van der Waals surface area contributed by atoms with Gasteiger partial charge in [0.25, 0.3) is 0 Å². The predicted octanol–water partition coefficient (Wildman–Crippen LogP) is 0.650. The summed E-state index contributed by atoms with van der Waals surface area (Å²) < 4.78 is -1.65. The zero-order valence-electron chi connectivity index (χ0n) is 7.62. The Morgan fingerprint density at radius 1 is 1.33 bits per heavy atom. The number of hydrogen-bond acceptors (Lipinski definition) is 3. The first kappa shape index (κ1) is 14.8. The number of carbonyl (C=O) groups is 2. The first-order valence-corrected chi connectivity index (χ1v) is 5.11. The normalized spacial score (nSPS) is 15.7. The Balaban J connectivity index is 4.42. The highest BCUT2D eigenvalue weighted by atomic mass is 35.6. The standard InChI is InChI=1S/C7H11Cl3N2O3/c8-7(9,10)2-3(5(12)13)1-4(11)6(14)15/h3-4H,1-2,11H2,(H2,12,13)(H,14,15)/t3?,4-/m0/s1. The van der Waals surface area contributed by atoms with E-state index in [0.29, 0.717) is 0 Å². The van der Waals surface area contributed by atoms with E-state index >= 15 is 0 Å². The first-order chi connectivity index (χ1) is 6.63. The number of carboxylic acids is 1. The Hall–Kier alpha value is -0.230. The van der Waals surface area contributed by atoms with Crippen molar-refractivity contribution in [3.63, 3.8) is 0 Å². The SMILES string of the molecule is NC(=O)C(C[C@H](N)C(=O)O)CC(Cl)(Cl)Cl. The molecule has 1 amide bonds. The van der Waals surface area contributed by atoms with Crippen molar-refractivity contribution in [3.05, 3.63) is 0 Å². The van der Waals surface area contributed by atoms with Crippen LogP contribution in [-0.4, -0.2) is 26.8 Å². The second-order valence-corrected chi connectivity index (χ2v) is 5.62. The van der Waals surface area contributed by atoms with E-state index in [9.17, 15) is 9.59 Å². The van der Waals surface area contributed by atoms with Crippen molar-refractivity contribution in [1.29, 1.82) is 0 Å². The van der Waals surface area contributed by atoms with Crippen molar-refractivity contribution in [3.8, 4) is 0 Å². The predicted molar refractivity (Wildman–Crippen MR) is 57.8 cm³/mol. The lowest BCUT2D eigenvalue weighted by molar-refractivity contribution is -0.139. The van der Waals surface area contributed by atoms with Gasteiger partial charge in [-0.05, 0) is 6.42 Å². The fraction of sp³-hybridized carbons (Fsp3) is 0.714. The first-order valence-electron chi connectivity index (χ1n) is 3.98. The Morgan fingerprint density at radius 3 is 2.07 bits per heavy atom. The number of hydrogen-bond donors (Lipinski definition) is 3. The minimum Gasteiger partial charge on any atom is -0.480 e. The third-order valence-corrected chi connectivity index (χ3v) is 2.20. The summed E-state index contributed by atoms with van der Waals surface area (Å²) in [4.78, 5) is 21.4. The van der Waals surface area contributed by atoms with Crippen LogP contribution in [-0.2, 0) is 9.59 Å². The summed E-state index contributed by atoms with van der Waals surface area (Å²) in [6.45, 7) is 0. The summed E-state index contributed by atoms with van der Waals surface area (Å²) >= 11 is 16.4. The lowest BCUT2D eigenvalue weighted by Gasteiger charge is -2.19. The summed E-state index contributed by atoms with van der Waals surface area (Å²) in [5, 5.41) is 8.53. The Labute approximate surface area is 102 Å². The van der Waals surface area contributed by atoms with Gasteiger partial charge in [0.05, 0.1) is 0 Å². The fourth-order valence-corrected chi connectivity index (χ4v) is 1.55. The topological polar surface area (TPSA) is 106 Å². The molecule has 0 spiro atoms. The van der Waals surface area contributed by atoms with E-state index in [-0.39, 0.29) is 12.8 Å². The molecule has 88 valence electrons.